The SMILES string of the molecule is CC(NC(=O)[C@@H]1C[C@H](n2nncc2C(C)(C)O)CN1C(=O)/C(CC1CCCCC1)=N/C(=O)c1ccc2ccncc2c1)C(=O)C(N)=O. The van der Waals surface area contributed by atoms with Crippen molar-refractivity contribution in [2.45, 2.75) is 89.4 Å². The number of carbonyl (C=O) groups is 5. The number of nitrogens with one attached hydrogen (secondary N) is 1. The second-order valence-corrected chi connectivity index (χ2v) is 13.0. The summed E-state index contributed by atoms with van der Waals surface area (Å²) >= 11 is 0. The molecule has 1 unspecified atom stereocenters. The van der Waals surface area contributed by atoms with Gasteiger partial charge >= 0.3 is 0 Å². The van der Waals surface area contributed by atoms with Crippen LogP contribution < -0.4 is 11.1 Å². The Morgan fingerprint density at radius 1 is 1.09 bits per heavy atom. The van der Waals surface area contributed by atoms with Crippen LogP contribution in [-0.2, 0) is 24.8 Å². The van der Waals surface area contributed by atoms with Gasteiger partial charge in [0.2, 0.25) is 11.7 Å². The molecule has 0 bridgehead atoms. The first-order valence-corrected chi connectivity index (χ1v) is 15.9. The summed E-state index contributed by atoms with van der Waals surface area (Å²) in [5.41, 5.74) is 4.53. The highest BCUT2D eigenvalue weighted by Crippen LogP contribution is 2.33. The molecule has 1 aliphatic carbocycles. The number of aromatic nitrogens is 4. The Hall–Kier alpha value is -4.85. The highest BCUT2D eigenvalue weighted by molar-refractivity contribution is 6.41. The molecule has 3 aromatic rings. The lowest BCUT2D eigenvalue weighted by atomic mass is 9.85. The summed E-state index contributed by atoms with van der Waals surface area (Å²) in [6.07, 6.45) is 9.92. The van der Waals surface area contributed by atoms with Gasteiger partial charge in [0.05, 0.1) is 24.0 Å². The van der Waals surface area contributed by atoms with Gasteiger partial charge in [-0.2, -0.15) is 0 Å². The van der Waals surface area contributed by atoms with Crippen LogP contribution in [0, 0.1) is 5.92 Å². The fourth-order valence-electron chi connectivity index (χ4n) is 6.42. The van der Waals surface area contributed by atoms with Crippen molar-refractivity contribution in [3.8, 4) is 0 Å². The van der Waals surface area contributed by atoms with E-state index in [2.05, 4.69) is 25.6 Å². The Labute approximate surface area is 271 Å². The highest BCUT2D eigenvalue weighted by Gasteiger charge is 2.44. The highest BCUT2D eigenvalue weighted by atomic mass is 16.3. The van der Waals surface area contributed by atoms with Crippen LogP contribution in [0.4, 0.5) is 0 Å². The number of Topliss-reactive ketones (excluding diaryl/α,β-unsaturated/α-hetero) is 1. The van der Waals surface area contributed by atoms with Gasteiger partial charge in [-0.3, -0.25) is 29.0 Å². The third kappa shape index (κ3) is 7.59. The standard InChI is InChI=1S/C33H40N8O6/c1-19(28(42)29(34)43)37-31(45)26-15-24(41-27(17-36-39-41)33(2,3)47)18-40(26)32(46)25(13-20-7-5-4-6-8-20)38-30(44)22-10-9-21-11-12-35-16-23(21)14-22/h9-12,14,16-17,19-20,24,26,47H,4-8,13,15,18H2,1-3H3,(H2,34,43)(H,37,45)/b38-25+/t19?,24-,26-/m0/s1. The zero-order valence-electron chi connectivity index (χ0n) is 26.8. The minimum atomic E-state index is -1.32. The summed E-state index contributed by atoms with van der Waals surface area (Å²) < 4.78 is 1.48. The largest absolute Gasteiger partial charge is 0.384 e. The van der Waals surface area contributed by atoms with Crippen molar-refractivity contribution in [3.63, 3.8) is 0 Å². The van der Waals surface area contributed by atoms with Gasteiger partial charge in [-0.05, 0) is 56.7 Å². The van der Waals surface area contributed by atoms with E-state index >= 15 is 0 Å². The Balaban J connectivity index is 1.50. The molecule has 4 amide bonds. The number of hydrogen-bond donors (Lipinski definition) is 3. The number of benzene rings is 1. The fraction of sp³-hybridized carbons (Fsp3) is 0.485. The van der Waals surface area contributed by atoms with Crippen molar-refractivity contribution < 1.29 is 29.1 Å². The number of aliphatic imine (C=N–C) groups is 1. The van der Waals surface area contributed by atoms with Gasteiger partial charge in [0, 0.05) is 36.3 Å². The van der Waals surface area contributed by atoms with Crippen LogP contribution in [-0.4, -0.2) is 83.7 Å². The summed E-state index contributed by atoms with van der Waals surface area (Å²) in [4.78, 5) is 75.2. The lowest BCUT2D eigenvalue weighted by Gasteiger charge is -2.27. The zero-order valence-corrected chi connectivity index (χ0v) is 26.8. The second kappa shape index (κ2) is 13.9. The first kappa shape index (κ1) is 33.5. The van der Waals surface area contributed by atoms with Gasteiger partial charge in [-0.1, -0.05) is 43.4 Å². The van der Waals surface area contributed by atoms with Gasteiger partial charge in [-0.15, -0.1) is 5.10 Å². The number of likely N-dealkylation sites (tertiary alicyclic amines) is 1. The van der Waals surface area contributed by atoms with Crippen molar-refractivity contribution >= 4 is 45.9 Å². The molecule has 14 nitrogen and oxygen atoms in total. The van der Waals surface area contributed by atoms with Gasteiger partial charge in [0.1, 0.15) is 17.4 Å². The molecule has 0 spiro atoms. The minimum Gasteiger partial charge on any atom is -0.384 e. The summed E-state index contributed by atoms with van der Waals surface area (Å²) in [5, 5.41) is 23.0. The predicted molar refractivity (Wildman–Crippen MR) is 171 cm³/mol. The molecular formula is C33H40N8O6. The van der Waals surface area contributed by atoms with Crippen LogP contribution in [0.15, 0.2) is 47.8 Å². The van der Waals surface area contributed by atoms with Crippen molar-refractivity contribution in [2.24, 2.45) is 16.6 Å². The maximum Gasteiger partial charge on any atom is 0.287 e. The first-order chi connectivity index (χ1) is 22.3. The van der Waals surface area contributed by atoms with Gasteiger partial charge in [0.25, 0.3) is 17.7 Å². The fourth-order valence-corrected chi connectivity index (χ4v) is 6.42. The third-order valence-electron chi connectivity index (χ3n) is 8.96. The Morgan fingerprint density at radius 2 is 1.83 bits per heavy atom. The van der Waals surface area contributed by atoms with Crippen LogP contribution in [0.1, 0.15) is 87.8 Å². The molecule has 47 heavy (non-hydrogen) atoms. The van der Waals surface area contributed by atoms with Crippen LogP contribution in [0.5, 0.6) is 0 Å². The van der Waals surface area contributed by atoms with Crippen LogP contribution in [0.2, 0.25) is 0 Å². The van der Waals surface area contributed by atoms with Crippen LogP contribution in [0.3, 0.4) is 0 Å². The van der Waals surface area contributed by atoms with Crippen LogP contribution in [0.25, 0.3) is 10.8 Å². The summed E-state index contributed by atoms with van der Waals surface area (Å²) in [5.74, 6) is -3.91. The van der Waals surface area contributed by atoms with E-state index in [-0.39, 0.29) is 31.0 Å². The molecule has 3 heterocycles. The van der Waals surface area contributed by atoms with Crippen molar-refractivity contribution in [2.75, 3.05) is 6.54 Å². The lowest BCUT2D eigenvalue weighted by molar-refractivity contribution is -0.139. The van der Waals surface area contributed by atoms with E-state index < -0.39 is 53.1 Å². The van der Waals surface area contributed by atoms with E-state index in [1.54, 1.807) is 44.4 Å². The number of primary amides is 1. The average Bonchev–Trinajstić information content (AvgIpc) is 3.72. The Kier molecular flexibility index (Phi) is 9.89. The molecule has 2 aromatic heterocycles. The predicted octanol–water partition coefficient (Wildman–Crippen LogP) is 2.01. The third-order valence-corrected chi connectivity index (χ3v) is 8.96. The van der Waals surface area contributed by atoms with E-state index in [0.29, 0.717) is 11.3 Å². The second-order valence-electron chi connectivity index (χ2n) is 13.0. The molecule has 248 valence electrons. The van der Waals surface area contributed by atoms with Crippen molar-refractivity contribution in [3.05, 3.63) is 54.1 Å². The van der Waals surface area contributed by atoms with E-state index in [9.17, 15) is 29.1 Å². The van der Waals surface area contributed by atoms with E-state index in [1.165, 1.54) is 22.7 Å². The Bertz CT molecular complexity index is 1720. The molecule has 2 fully saturated rings. The number of carbonyl (C=O) groups excluding carboxylic acids is 5. The lowest BCUT2D eigenvalue weighted by Crippen LogP contribution is -2.52. The summed E-state index contributed by atoms with van der Waals surface area (Å²) in [7, 11) is 0. The topological polar surface area (TPSA) is 203 Å². The molecule has 1 saturated carbocycles. The van der Waals surface area contributed by atoms with Crippen molar-refractivity contribution in [1.82, 2.24) is 30.2 Å². The number of rotatable bonds is 10. The first-order valence-electron chi connectivity index (χ1n) is 15.9. The number of amides is 4. The molecule has 5 rings (SSSR count). The molecule has 1 aromatic carbocycles. The summed E-state index contributed by atoms with van der Waals surface area (Å²) in [6.45, 7) is 4.47. The molecule has 3 atom stereocenters. The molecule has 4 N–H and O–H groups in total. The molecule has 2 aliphatic rings. The van der Waals surface area contributed by atoms with E-state index in [1.807, 2.05) is 6.07 Å². The smallest absolute Gasteiger partial charge is 0.287 e. The van der Waals surface area contributed by atoms with E-state index in [0.717, 1.165) is 42.9 Å². The zero-order chi connectivity index (χ0) is 33.9. The summed E-state index contributed by atoms with van der Waals surface area (Å²) in [6, 6.07) is 4.02. The monoisotopic (exact) mass is 644 g/mol. The number of hydrogen-bond acceptors (Lipinski definition) is 9. The number of aliphatic hydroxyl groups is 1. The number of nitrogens with zero attached hydrogens (tertiary/aromatic N) is 6. The number of ketones is 1. The van der Waals surface area contributed by atoms with Gasteiger partial charge in [-0.25, -0.2) is 9.67 Å². The Morgan fingerprint density at radius 3 is 2.53 bits per heavy atom. The number of pyridine rings is 1. The van der Waals surface area contributed by atoms with Gasteiger partial charge < -0.3 is 21.1 Å². The quantitative estimate of drug-likeness (QED) is 0.218. The normalized spacial score (nSPS) is 19.8. The molecule has 14 heteroatoms. The molecule has 1 saturated heterocycles. The molecule has 0 radical (unpaired) electrons. The molecular weight excluding hydrogens is 604 g/mol. The maximum absolute atomic E-state index is 14.5. The van der Waals surface area contributed by atoms with Gasteiger partial charge in [0.15, 0.2) is 0 Å². The molecule has 1 aliphatic heterocycles. The number of nitrogens with two attached hydrogens (primary N) is 1. The minimum absolute atomic E-state index is 0.0129. The van der Waals surface area contributed by atoms with Crippen LogP contribution >= 0.6 is 0 Å². The average molecular weight is 645 g/mol. The number of fused-ring (bicyclic) bond motifs is 1. The maximum atomic E-state index is 14.5. The van der Waals surface area contributed by atoms with E-state index in [4.69, 9.17) is 5.73 Å². The van der Waals surface area contributed by atoms with Crippen molar-refractivity contribution in [1.29, 1.82) is 0 Å².